The summed E-state index contributed by atoms with van der Waals surface area (Å²) in [6.45, 7) is 0. The summed E-state index contributed by atoms with van der Waals surface area (Å²) in [4.78, 5) is 0. The first kappa shape index (κ1) is 11.9. The maximum atomic E-state index is 6.42. The van der Waals surface area contributed by atoms with Crippen LogP contribution >= 0.6 is 12.4 Å². The SMILES string of the molecule is Cl.NC1(c2ccc(C3CC3)cc2)CCCC1. The summed E-state index contributed by atoms with van der Waals surface area (Å²) in [7, 11) is 0. The van der Waals surface area contributed by atoms with Crippen molar-refractivity contribution in [1.82, 2.24) is 0 Å². The second-order valence-corrected chi connectivity index (χ2v) is 5.26. The summed E-state index contributed by atoms with van der Waals surface area (Å²) in [6.07, 6.45) is 7.67. The third-order valence-electron chi connectivity index (χ3n) is 4.03. The molecule has 2 N–H and O–H groups in total. The van der Waals surface area contributed by atoms with E-state index < -0.39 is 0 Å². The standard InChI is InChI=1S/C14H19N.ClH/c15-14(9-1-2-10-14)13-7-5-12(6-8-13)11-3-4-11;/h5-8,11H,1-4,9-10,15H2;1H. The van der Waals surface area contributed by atoms with Gasteiger partial charge in [0.05, 0.1) is 0 Å². The molecule has 2 aliphatic rings. The van der Waals surface area contributed by atoms with Crippen molar-refractivity contribution in [2.75, 3.05) is 0 Å². The van der Waals surface area contributed by atoms with Crippen molar-refractivity contribution in [2.45, 2.75) is 50.0 Å². The summed E-state index contributed by atoms with van der Waals surface area (Å²) in [5.41, 5.74) is 9.28. The van der Waals surface area contributed by atoms with Gasteiger partial charge in [-0.1, -0.05) is 37.1 Å². The number of rotatable bonds is 2. The fourth-order valence-corrected chi connectivity index (χ4v) is 2.80. The van der Waals surface area contributed by atoms with Gasteiger partial charge in [0.1, 0.15) is 0 Å². The fourth-order valence-electron chi connectivity index (χ4n) is 2.80. The smallest absolute Gasteiger partial charge is 0.0409 e. The summed E-state index contributed by atoms with van der Waals surface area (Å²) < 4.78 is 0. The topological polar surface area (TPSA) is 26.0 Å². The molecule has 0 bridgehead atoms. The lowest BCUT2D eigenvalue weighted by Gasteiger charge is -2.24. The minimum atomic E-state index is -0.0118. The van der Waals surface area contributed by atoms with Crippen LogP contribution in [0.2, 0.25) is 0 Å². The lowest BCUT2D eigenvalue weighted by Crippen LogP contribution is -2.32. The molecule has 1 nitrogen and oxygen atoms in total. The highest BCUT2D eigenvalue weighted by molar-refractivity contribution is 5.85. The molecule has 2 saturated carbocycles. The van der Waals surface area contributed by atoms with Crippen molar-refractivity contribution < 1.29 is 0 Å². The molecular weight excluding hydrogens is 218 g/mol. The average molecular weight is 238 g/mol. The quantitative estimate of drug-likeness (QED) is 0.834. The Morgan fingerprint density at radius 3 is 2.06 bits per heavy atom. The highest BCUT2D eigenvalue weighted by Crippen LogP contribution is 2.41. The van der Waals surface area contributed by atoms with E-state index in [1.165, 1.54) is 36.8 Å². The van der Waals surface area contributed by atoms with Crippen molar-refractivity contribution in [2.24, 2.45) is 5.73 Å². The van der Waals surface area contributed by atoms with Crippen LogP contribution in [0.5, 0.6) is 0 Å². The highest BCUT2D eigenvalue weighted by atomic mass is 35.5. The number of benzene rings is 1. The van der Waals surface area contributed by atoms with Crippen LogP contribution in [0.15, 0.2) is 24.3 Å². The van der Waals surface area contributed by atoms with Gasteiger partial charge in [0.2, 0.25) is 0 Å². The summed E-state index contributed by atoms with van der Waals surface area (Å²) in [5, 5.41) is 0. The Kier molecular flexibility index (Phi) is 3.27. The lowest BCUT2D eigenvalue weighted by molar-refractivity contribution is 0.461. The van der Waals surface area contributed by atoms with E-state index >= 15 is 0 Å². The van der Waals surface area contributed by atoms with Crippen molar-refractivity contribution in [3.05, 3.63) is 35.4 Å². The van der Waals surface area contributed by atoms with Gasteiger partial charge in [0.25, 0.3) is 0 Å². The van der Waals surface area contributed by atoms with E-state index in [1.54, 1.807) is 0 Å². The molecule has 0 spiro atoms. The van der Waals surface area contributed by atoms with Gasteiger partial charge in [0, 0.05) is 5.54 Å². The van der Waals surface area contributed by atoms with Crippen LogP contribution in [-0.2, 0) is 5.54 Å². The average Bonchev–Trinajstić information content (AvgIpc) is 3.02. The largest absolute Gasteiger partial charge is 0.321 e. The van der Waals surface area contributed by atoms with Gasteiger partial charge in [-0.3, -0.25) is 0 Å². The van der Waals surface area contributed by atoms with Crippen LogP contribution < -0.4 is 5.73 Å². The maximum absolute atomic E-state index is 6.42. The molecule has 0 amide bonds. The third-order valence-corrected chi connectivity index (χ3v) is 4.03. The van der Waals surface area contributed by atoms with E-state index in [4.69, 9.17) is 5.73 Å². The van der Waals surface area contributed by atoms with Crippen LogP contribution in [0, 0.1) is 0 Å². The van der Waals surface area contributed by atoms with Crippen LogP contribution in [0.3, 0.4) is 0 Å². The first-order chi connectivity index (χ1) is 7.28. The molecule has 0 radical (unpaired) electrons. The van der Waals surface area contributed by atoms with Crippen molar-refractivity contribution in [3.8, 4) is 0 Å². The van der Waals surface area contributed by atoms with Crippen molar-refractivity contribution in [1.29, 1.82) is 0 Å². The van der Waals surface area contributed by atoms with E-state index in [2.05, 4.69) is 24.3 Å². The Bertz CT molecular complexity index is 348. The van der Waals surface area contributed by atoms with Gasteiger partial charge in [-0.25, -0.2) is 0 Å². The Labute approximate surface area is 104 Å². The van der Waals surface area contributed by atoms with E-state index in [0.717, 1.165) is 18.8 Å². The molecule has 0 unspecified atom stereocenters. The molecular formula is C14H20ClN. The first-order valence-corrected chi connectivity index (χ1v) is 6.17. The third kappa shape index (κ3) is 2.11. The zero-order valence-corrected chi connectivity index (χ0v) is 10.4. The normalized spacial score (nSPS) is 22.8. The molecule has 16 heavy (non-hydrogen) atoms. The molecule has 0 atom stereocenters. The molecule has 1 aromatic carbocycles. The zero-order chi connectivity index (χ0) is 10.3. The summed E-state index contributed by atoms with van der Waals surface area (Å²) in [5.74, 6) is 0.858. The summed E-state index contributed by atoms with van der Waals surface area (Å²) >= 11 is 0. The predicted molar refractivity (Wildman–Crippen MR) is 70.0 cm³/mol. The van der Waals surface area contributed by atoms with Crippen molar-refractivity contribution >= 4 is 12.4 Å². The first-order valence-electron chi connectivity index (χ1n) is 6.17. The minimum absolute atomic E-state index is 0. The van der Waals surface area contributed by atoms with Gasteiger partial charge in [-0.05, 0) is 42.7 Å². The maximum Gasteiger partial charge on any atom is 0.0409 e. The molecule has 3 rings (SSSR count). The Hall–Kier alpha value is -0.530. The van der Waals surface area contributed by atoms with Gasteiger partial charge in [-0.2, -0.15) is 0 Å². The predicted octanol–water partition coefficient (Wildman–Crippen LogP) is 3.71. The van der Waals surface area contributed by atoms with Crippen LogP contribution in [0.4, 0.5) is 0 Å². The van der Waals surface area contributed by atoms with E-state index in [9.17, 15) is 0 Å². The minimum Gasteiger partial charge on any atom is -0.321 e. The number of halogens is 1. The lowest BCUT2D eigenvalue weighted by atomic mass is 9.88. The molecule has 0 heterocycles. The highest BCUT2D eigenvalue weighted by Gasteiger charge is 2.31. The molecule has 0 aromatic heterocycles. The van der Waals surface area contributed by atoms with Crippen LogP contribution in [-0.4, -0.2) is 0 Å². The van der Waals surface area contributed by atoms with Crippen LogP contribution in [0.1, 0.15) is 55.6 Å². The Morgan fingerprint density at radius 2 is 1.56 bits per heavy atom. The second-order valence-electron chi connectivity index (χ2n) is 5.26. The monoisotopic (exact) mass is 237 g/mol. The molecule has 0 saturated heterocycles. The van der Waals surface area contributed by atoms with E-state index in [1.807, 2.05) is 0 Å². The van der Waals surface area contributed by atoms with Gasteiger partial charge in [0.15, 0.2) is 0 Å². The zero-order valence-electron chi connectivity index (χ0n) is 9.61. The molecule has 2 fully saturated rings. The van der Waals surface area contributed by atoms with Gasteiger partial charge in [-0.15, -0.1) is 12.4 Å². The molecule has 88 valence electrons. The summed E-state index contributed by atoms with van der Waals surface area (Å²) in [6, 6.07) is 9.11. The Morgan fingerprint density at radius 1 is 1.00 bits per heavy atom. The number of hydrogen-bond donors (Lipinski definition) is 1. The Balaban J connectivity index is 0.000000963. The second kappa shape index (κ2) is 4.38. The molecule has 2 heteroatoms. The van der Waals surface area contributed by atoms with Crippen molar-refractivity contribution in [3.63, 3.8) is 0 Å². The van der Waals surface area contributed by atoms with Gasteiger partial charge >= 0.3 is 0 Å². The molecule has 1 aromatic rings. The van der Waals surface area contributed by atoms with E-state index in [0.29, 0.717) is 0 Å². The van der Waals surface area contributed by atoms with Gasteiger partial charge < -0.3 is 5.73 Å². The number of hydrogen-bond acceptors (Lipinski definition) is 1. The van der Waals surface area contributed by atoms with Crippen LogP contribution in [0.25, 0.3) is 0 Å². The number of nitrogens with two attached hydrogens (primary N) is 1. The van der Waals surface area contributed by atoms with E-state index in [-0.39, 0.29) is 17.9 Å². The molecule has 2 aliphatic carbocycles. The fraction of sp³-hybridized carbons (Fsp3) is 0.571. The molecule has 0 aliphatic heterocycles.